The Labute approximate surface area is 164 Å². The van der Waals surface area contributed by atoms with Gasteiger partial charge in [0.25, 0.3) is 11.7 Å². The fourth-order valence-electron chi connectivity index (χ4n) is 2.96. The molecular formula is C19H16N4O4S. The molecule has 0 aliphatic heterocycles. The van der Waals surface area contributed by atoms with Crippen molar-refractivity contribution in [3.05, 3.63) is 58.7 Å². The lowest BCUT2D eigenvalue weighted by Crippen LogP contribution is -2.29. The van der Waals surface area contributed by atoms with E-state index < -0.39 is 17.4 Å². The summed E-state index contributed by atoms with van der Waals surface area (Å²) in [4.78, 5) is 42.7. The highest BCUT2D eigenvalue weighted by molar-refractivity contribution is 7.82. The summed E-state index contributed by atoms with van der Waals surface area (Å²) in [6, 6.07) is 10.6. The van der Waals surface area contributed by atoms with E-state index in [1.54, 1.807) is 34.6 Å². The number of nitrogens with one attached hydrogen (secondary N) is 2. The Morgan fingerprint density at radius 2 is 1.71 bits per heavy atom. The highest BCUT2D eigenvalue weighted by Crippen LogP contribution is 2.32. The fourth-order valence-corrected chi connectivity index (χ4v) is 3.21. The second-order valence-electron chi connectivity index (χ2n) is 6.47. The van der Waals surface area contributed by atoms with Crippen molar-refractivity contribution in [2.24, 2.45) is 0 Å². The van der Waals surface area contributed by atoms with Crippen molar-refractivity contribution in [2.75, 3.05) is 18.4 Å². The lowest BCUT2D eigenvalue weighted by atomic mass is 10.1. The van der Waals surface area contributed by atoms with Crippen LogP contribution in [0.5, 0.6) is 0 Å². The maximum absolute atomic E-state index is 12.5. The standard InChI is InChI=1S/C19H16N4O4S/c1-22(2)18(25)17(24)13-9-20-14-5-3-10(7-12(13)14)23(28)11-4-6-15-16(8-11)27-19(26)21-15/h3-9,20,28H,1-2H3,(H,21,26). The number of oxazole rings is 1. The minimum atomic E-state index is -0.595. The zero-order valence-electron chi connectivity index (χ0n) is 15.0. The maximum atomic E-state index is 12.5. The van der Waals surface area contributed by atoms with E-state index in [4.69, 9.17) is 4.42 Å². The minimum absolute atomic E-state index is 0.296. The van der Waals surface area contributed by atoms with Crippen molar-refractivity contribution in [2.45, 2.75) is 0 Å². The van der Waals surface area contributed by atoms with Gasteiger partial charge in [-0.1, -0.05) is 12.8 Å². The van der Waals surface area contributed by atoms with E-state index in [0.717, 1.165) is 5.52 Å². The molecule has 2 N–H and O–H groups in total. The molecule has 0 aliphatic rings. The summed E-state index contributed by atoms with van der Waals surface area (Å²) in [5.74, 6) is -1.71. The second kappa shape index (κ2) is 6.61. The van der Waals surface area contributed by atoms with Crippen molar-refractivity contribution in [1.82, 2.24) is 14.9 Å². The number of anilines is 2. The first-order chi connectivity index (χ1) is 13.3. The smallest absolute Gasteiger partial charge is 0.408 e. The number of hydrogen-bond donors (Lipinski definition) is 3. The largest absolute Gasteiger partial charge is 0.417 e. The quantitative estimate of drug-likeness (QED) is 0.280. The van der Waals surface area contributed by atoms with E-state index in [1.165, 1.54) is 25.2 Å². The van der Waals surface area contributed by atoms with Crippen LogP contribution in [0.15, 0.2) is 51.8 Å². The van der Waals surface area contributed by atoms with Crippen molar-refractivity contribution >= 4 is 57.9 Å². The third kappa shape index (κ3) is 2.95. The van der Waals surface area contributed by atoms with Gasteiger partial charge in [-0.25, -0.2) is 4.79 Å². The molecular weight excluding hydrogens is 380 g/mol. The summed E-state index contributed by atoms with van der Waals surface area (Å²) in [7, 11) is 3.07. The molecule has 2 aromatic heterocycles. The number of carbonyl (C=O) groups is 2. The molecule has 8 nitrogen and oxygen atoms in total. The van der Waals surface area contributed by atoms with Crippen LogP contribution in [0.2, 0.25) is 0 Å². The number of aromatic amines is 2. The molecule has 2 aromatic carbocycles. The van der Waals surface area contributed by atoms with Crippen LogP contribution in [0.4, 0.5) is 11.4 Å². The molecule has 0 bridgehead atoms. The van der Waals surface area contributed by atoms with Crippen LogP contribution < -0.4 is 10.1 Å². The number of H-pyrrole nitrogens is 2. The van der Waals surface area contributed by atoms with Gasteiger partial charge in [-0.15, -0.1) is 0 Å². The molecule has 142 valence electrons. The van der Waals surface area contributed by atoms with Crippen LogP contribution in [0.3, 0.4) is 0 Å². The van der Waals surface area contributed by atoms with Crippen molar-refractivity contribution in [3.8, 4) is 0 Å². The number of ketones is 1. The van der Waals surface area contributed by atoms with Crippen molar-refractivity contribution in [1.29, 1.82) is 0 Å². The zero-order valence-corrected chi connectivity index (χ0v) is 15.9. The van der Waals surface area contributed by atoms with Crippen LogP contribution in [-0.2, 0) is 4.79 Å². The number of Topliss-reactive ketones (excluding diaryl/α,β-unsaturated/α-hetero) is 1. The number of rotatable bonds is 4. The van der Waals surface area contributed by atoms with Gasteiger partial charge in [-0.3, -0.25) is 18.9 Å². The lowest BCUT2D eigenvalue weighted by molar-refractivity contribution is -0.124. The number of amides is 1. The van der Waals surface area contributed by atoms with Gasteiger partial charge >= 0.3 is 5.76 Å². The molecule has 0 saturated carbocycles. The molecule has 9 heteroatoms. The number of hydrogen-bond acceptors (Lipinski definition) is 6. The van der Waals surface area contributed by atoms with E-state index >= 15 is 0 Å². The third-order valence-electron chi connectivity index (χ3n) is 4.40. The van der Waals surface area contributed by atoms with Crippen LogP contribution in [0.1, 0.15) is 10.4 Å². The summed E-state index contributed by atoms with van der Waals surface area (Å²) in [6.07, 6.45) is 1.53. The summed E-state index contributed by atoms with van der Waals surface area (Å²) in [6.45, 7) is 0. The van der Waals surface area contributed by atoms with E-state index in [0.29, 0.717) is 33.4 Å². The molecule has 0 atom stereocenters. The molecule has 0 aliphatic carbocycles. The third-order valence-corrected chi connectivity index (χ3v) is 4.87. The molecule has 1 amide bonds. The monoisotopic (exact) mass is 396 g/mol. The average molecular weight is 396 g/mol. The molecule has 0 fully saturated rings. The van der Waals surface area contributed by atoms with Gasteiger partial charge in [0.2, 0.25) is 0 Å². The van der Waals surface area contributed by atoms with E-state index in [9.17, 15) is 14.4 Å². The van der Waals surface area contributed by atoms with Crippen LogP contribution in [-0.4, -0.2) is 40.7 Å². The Kier molecular flexibility index (Phi) is 4.23. The highest BCUT2D eigenvalue weighted by Gasteiger charge is 2.22. The Bertz CT molecular complexity index is 1280. The summed E-state index contributed by atoms with van der Waals surface area (Å²) < 4.78 is 6.69. The van der Waals surface area contributed by atoms with Gasteiger partial charge in [-0.2, -0.15) is 0 Å². The molecule has 0 saturated heterocycles. The Hall–Kier alpha value is -3.46. The molecule has 0 spiro atoms. The number of carbonyl (C=O) groups excluding carboxylic acids is 2. The maximum Gasteiger partial charge on any atom is 0.417 e. The number of aromatic nitrogens is 2. The minimum Gasteiger partial charge on any atom is -0.408 e. The topological polar surface area (TPSA) is 102 Å². The van der Waals surface area contributed by atoms with Crippen LogP contribution in [0, 0.1) is 0 Å². The second-order valence-corrected chi connectivity index (χ2v) is 6.87. The van der Waals surface area contributed by atoms with Crippen LogP contribution >= 0.6 is 12.8 Å². The first-order valence-corrected chi connectivity index (χ1v) is 8.74. The summed E-state index contributed by atoms with van der Waals surface area (Å²) >= 11 is 4.54. The Morgan fingerprint density at radius 1 is 1.04 bits per heavy atom. The van der Waals surface area contributed by atoms with Gasteiger partial charge in [0, 0.05) is 37.3 Å². The summed E-state index contributed by atoms with van der Waals surface area (Å²) in [5, 5.41) is 0.617. The van der Waals surface area contributed by atoms with Gasteiger partial charge in [0.15, 0.2) is 5.58 Å². The number of thiol groups is 1. The van der Waals surface area contributed by atoms with E-state index in [1.807, 2.05) is 6.07 Å². The zero-order chi connectivity index (χ0) is 20.0. The Morgan fingerprint density at radius 3 is 2.43 bits per heavy atom. The molecule has 4 aromatic rings. The van der Waals surface area contributed by atoms with Gasteiger partial charge in [0.1, 0.15) is 0 Å². The first kappa shape index (κ1) is 17.9. The highest BCUT2D eigenvalue weighted by atomic mass is 32.1. The lowest BCUT2D eigenvalue weighted by Gasteiger charge is -2.18. The van der Waals surface area contributed by atoms with Gasteiger partial charge in [0.05, 0.1) is 22.5 Å². The number of likely N-dealkylation sites (N-methyl/N-ethyl adjacent to an activating group) is 1. The predicted octanol–water partition coefficient (Wildman–Crippen LogP) is 2.86. The molecule has 4 rings (SSSR count). The molecule has 0 unspecified atom stereocenters. The number of fused-ring (bicyclic) bond motifs is 2. The normalized spacial score (nSPS) is 11.1. The van der Waals surface area contributed by atoms with Crippen molar-refractivity contribution < 1.29 is 14.0 Å². The fraction of sp³-hybridized carbons (Fsp3) is 0.105. The first-order valence-electron chi connectivity index (χ1n) is 8.34. The van der Waals surface area contributed by atoms with Gasteiger partial charge in [-0.05, 0) is 30.3 Å². The number of benzene rings is 2. The molecule has 28 heavy (non-hydrogen) atoms. The average Bonchev–Trinajstić information content (AvgIpc) is 3.27. The number of nitrogens with zero attached hydrogens (tertiary/aromatic N) is 2. The molecule has 0 radical (unpaired) electrons. The van der Waals surface area contributed by atoms with Crippen LogP contribution in [0.25, 0.3) is 22.0 Å². The van der Waals surface area contributed by atoms with E-state index in [2.05, 4.69) is 22.8 Å². The predicted molar refractivity (Wildman–Crippen MR) is 109 cm³/mol. The van der Waals surface area contributed by atoms with Crippen molar-refractivity contribution in [3.63, 3.8) is 0 Å². The Balaban J connectivity index is 1.75. The molecule has 2 heterocycles. The van der Waals surface area contributed by atoms with E-state index in [-0.39, 0.29) is 0 Å². The SMILES string of the molecule is CN(C)C(=O)C(=O)c1c[nH]c2ccc(N(S)c3ccc4[nH]c(=O)oc4c3)cc12. The summed E-state index contributed by atoms with van der Waals surface area (Å²) in [5.41, 5.74) is 3.38. The van der Waals surface area contributed by atoms with Gasteiger partial charge < -0.3 is 14.3 Å².